The fraction of sp³-hybridized carbons (Fsp3) is 0.273. The zero-order valence-corrected chi connectivity index (χ0v) is 17.0. The summed E-state index contributed by atoms with van der Waals surface area (Å²) in [7, 11) is -3.77. The fourth-order valence-corrected chi connectivity index (χ4v) is 4.17. The van der Waals surface area contributed by atoms with E-state index in [1.807, 2.05) is 0 Å². The first-order valence-electron chi connectivity index (χ1n) is 9.18. The first-order valence-corrected chi connectivity index (χ1v) is 10.7. The quantitative estimate of drug-likeness (QED) is 0.515. The molecule has 0 radical (unpaired) electrons. The van der Waals surface area contributed by atoms with Gasteiger partial charge in [0.2, 0.25) is 9.84 Å². The third-order valence-corrected chi connectivity index (χ3v) is 5.86. The molecule has 6 nitrogen and oxygen atoms in total. The van der Waals surface area contributed by atoms with E-state index in [2.05, 4.69) is 13.2 Å². The molecule has 156 valence electrons. The van der Waals surface area contributed by atoms with Gasteiger partial charge in [-0.3, -0.25) is 0 Å². The average Bonchev–Trinajstić information content (AvgIpc) is 2.72. The van der Waals surface area contributed by atoms with E-state index >= 15 is 0 Å². The number of aliphatic hydroxyl groups is 2. The molecule has 0 saturated heterocycles. The Morgan fingerprint density at radius 3 is 1.55 bits per heavy atom. The van der Waals surface area contributed by atoms with Crippen molar-refractivity contribution in [1.82, 2.24) is 0 Å². The molecule has 0 atom stereocenters. The largest absolute Gasteiger partial charge is 0.491 e. The van der Waals surface area contributed by atoms with Crippen LogP contribution in [0.2, 0.25) is 0 Å². The van der Waals surface area contributed by atoms with Gasteiger partial charge in [0.1, 0.15) is 24.7 Å². The van der Waals surface area contributed by atoms with Crippen LogP contribution in [-0.2, 0) is 22.7 Å². The van der Waals surface area contributed by atoms with Crippen molar-refractivity contribution in [2.45, 2.75) is 22.6 Å². The third kappa shape index (κ3) is 5.69. The molecule has 0 amide bonds. The Hall–Kier alpha value is -2.61. The average molecular weight is 419 g/mol. The number of hydrogen-bond acceptors (Lipinski definition) is 6. The molecule has 0 aliphatic carbocycles. The van der Waals surface area contributed by atoms with E-state index in [0.717, 1.165) is 0 Å². The van der Waals surface area contributed by atoms with Crippen LogP contribution in [0.25, 0.3) is 0 Å². The molecule has 0 unspecified atom stereocenters. The standard InChI is InChI=1S/C22H26O6S/c1-3-5-17-15-19(7-9-21(17)27-13-11-23)29(25,26)20-8-10-22(28-14-12-24)18(16-20)6-4-2/h3-4,7-10,15-16,23-24H,1-2,5-6,11-14H2. The molecule has 29 heavy (non-hydrogen) atoms. The molecule has 0 aliphatic rings. The second-order valence-electron chi connectivity index (χ2n) is 6.17. The van der Waals surface area contributed by atoms with E-state index in [-0.39, 0.29) is 36.2 Å². The maximum Gasteiger partial charge on any atom is 0.206 e. The number of sulfone groups is 1. The lowest BCUT2D eigenvalue weighted by Gasteiger charge is -2.14. The van der Waals surface area contributed by atoms with Gasteiger partial charge in [0.15, 0.2) is 0 Å². The second kappa shape index (κ2) is 10.8. The predicted octanol–water partition coefficient (Wildman–Crippen LogP) is 2.72. The minimum atomic E-state index is -3.77. The van der Waals surface area contributed by atoms with Crippen molar-refractivity contribution >= 4 is 9.84 Å². The Bertz CT molecular complexity index is 878. The molecule has 2 N–H and O–H groups in total. The number of allylic oxidation sites excluding steroid dienone is 2. The van der Waals surface area contributed by atoms with Crippen LogP contribution < -0.4 is 9.47 Å². The maximum atomic E-state index is 13.2. The second-order valence-corrected chi connectivity index (χ2v) is 8.12. The lowest BCUT2D eigenvalue weighted by atomic mass is 10.1. The lowest BCUT2D eigenvalue weighted by molar-refractivity contribution is 0.200. The molecule has 7 heteroatoms. The van der Waals surface area contributed by atoms with Gasteiger partial charge in [-0.1, -0.05) is 12.2 Å². The minimum Gasteiger partial charge on any atom is -0.491 e. The van der Waals surface area contributed by atoms with Crippen molar-refractivity contribution in [1.29, 1.82) is 0 Å². The summed E-state index contributed by atoms with van der Waals surface area (Å²) in [6.07, 6.45) is 4.18. The van der Waals surface area contributed by atoms with E-state index in [1.54, 1.807) is 36.4 Å². The molecule has 2 aromatic carbocycles. The highest BCUT2D eigenvalue weighted by atomic mass is 32.2. The van der Waals surface area contributed by atoms with Crippen LogP contribution >= 0.6 is 0 Å². The van der Waals surface area contributed by atoms with Crippen LogP contribution in [0.4, 0.5) is 0 Å². The number of aliphatic hydroxyl groups excluding tert-OH is 2. The predicted molar refractivity (Wildman–Crippen MR) is 111 cm³/mol. The van der Waals surface area contributed by atoms with Crippen molar-refractivity contribution in [3.05, 3.63) is 72.8 Å². The molecule has 2 rings (SSSR count). The van der Waals surface area contributed by atoms with Gasteiger partial charge in [-0.25, -0.2) is 8.42 Å². The van der Waals surface area contributed by atoms with Crippen LogP contribution in [0.5, 0.6) is 11.5 Å². The number of rotatable bonds is 12. The van der Waals surface area contributed by atoms with Crippen molar-refractivity contribution < 1.29 is 28.1 Å². The summed E-state index contributed by atoms with van der Waals surface area (Å²) in [5.74, 6) is 1.02. The number of benzene rings is 2. The van der Waals surface area contributed by atoms with Gasteiger partial charge < -0.3 is 19.7 Å². The minimum absolute atomic E-state index is 0.121. The zero-order valence-electron chi connectivity index (χ0n) is 16.2. The molecule has 0 bridgehead atoms. The van der Waals surface area contributed by atoms with E-state index in [1.165, 1.54) is 12.1 Å². The van der Waals surface area contributed by atoms with Crippen molar-refractivity contribution in [3.63, 3.8) is 0 Å². The van der Waals surface area contributed by atoms with Gasteiger partial charge >= 0.3 is 0 Å². The molecule has 0 saturated carbocycles. The van der Waals surface area contributed by atoms with Gasteiger partial charge in [0.25, 0.3) is 0 Å². The van der Waals surface area contributed by atoms with E-state index < -0.39 is 9.84 Å². The topological polar surface area (TPSA) is 93.1 Å². The van der Waals surface area contributed by atoms with Gasteiger partial charge in [-0.15, -0.1) is 13.2 Å². The molecule has 0 heterocycles. The fourth-order valence-electron chi connectivity index (χ4n) is 2.80. The zero-order chi connectivity index (χ0) is 21.3. The van der Waals surface area contributed by atoms with E-state index in [9.17, 15) is 8.42 Å². The molecule has 0 spiro atoms. The van der Waals surface area contributed by atoms with E-state index in [0.29, 0.717) is 35.5 Å². The van der Waals surface area contributed by atoms with Crippen molar-refractivity contribution in [2.75, 3.05) is 26.4 Å². The van der Waals surface area contributed by atoms with Crippen LogP contribution in [0.15, 0.2) is 71.5 Å². The van der Waals surface area contributed by atoms with Crippen molar-refractivity contribution in [2.24, 2.45) is 0 Å². The van der Waals surface area contributed by atoms with Crippen LogP contribution in [0.3, 0.4) is 0 Å². The first kappa shape index (κ1) is 22.7. The Morgan fingerprint density at radius 1 is 0.793 bits per heavy atom. The number of ether oxygens (including phenoxy) is 2. The van der Waals surface area contributed by atoms with Crippen molar-refractivity contribution in [3.8, 4) is 11.5 Å². The van der Waals surface area contributed by atoms with E-state index in [4.69, 9.17) is 19.7 Å². The van der Waals surface area contributed by atoms with Gasteiger partial charge in [-0.05, 0) is 60.4 Å². The normalized spacial score (nSPS) is 11.1. The Kier molecular flexibility index (Phi) is 8.45. The lowest BCUT2D eigenvalue weighted by Crippen LogP contribution is -2.08. The summed E-state index contributed by atoms with van der Waals surface area (Å²) in [4.78, 5) is 0.276. The van der Waals surface area contributed by atoms with Crippen LogP contribution in [0.1, 0.15) is 11.1 Å². The highest BCUT2D eigenvalue weighted by molar-refractivity contribution is 7.91. The summed E-state index contributed by atoms with van der Waals surface area (Å²) in [6, 6.07) is 9.27. The maximum absolute atomic E-state index is 13.2. The Balaban J connectivity index is 2.45. The number of hydrogen-bond donors (Lipinski definition) is 2. The first-order chi connectivity index (χ1) is 14.0. The summed E-state index contributed by atoms with van der Waals surface area (Å²) < 4.78 is 37.3. The Morgan fingerprint density at radius 2 is 1.21 bits per heavy atom. The smallest absolute Gasteiger partial charge is 0.206 e. The Labute approximate surface area is 171 Å². The summed E-state index contributed by atoms with van der Waals surface area (Å²) in [6.45, 7) is 7.37. The SMILES string of the molecule is C=CCc1cc(S(=O)(=O)c2ccc(OCCO)c(CC=C)c2)ccc1OCCO. The molecule has 0 aliphatic heterocycles. The summed E-state index contributed by atoms with van der Waals surface area (Å²) in [5, 5.41) is 17.9. The molecule has 0 aromatic heterocycles. The van der Waals surface area contributed by atoms with Crippen LogP contribution in [0, 0.1) is 0 Å². The molecule has 2 aromatic rings. The molecular weight excluding hydrogens is 392 g/mol. The summed E-state index contributed by atoms with van der Waals surface area (Å²) >= 11 is 0. The van der Waals surface area contributed by atoms with Gasteiger partial charge in [0, 0.05) is 0 Å². The van der Waals surface area contributed by atoms with Gasteiger partial charge in [-0.2, -0.15) is 0 Å². The monoisotopic (exact) mass is 418 g/mol. The third-order valence-electron chi connectivity index (χ3n) is 4.11. The highest BCUT2D eigenvalue weighted by Crippen LogP contribution is 2.30. The molecular formula is C22H26O6S. The summed E-state index contributed by atoms with van der Waals surface area (Å²) in [5.41, 5.74) is 1.34. The van der Waals surface area contributed by atoms with Crippen LogP contribution in [-0.4, -0.2) is 45.1 Å². The highest BCUT2D eigenvalue weighted by Gasteiger charge is 2.21. The molecule has 0 fully saturated rings. The van der Waals surface area contributed by atoms with Gasteiger partial charge in [0.05, 0.1) is 23.0 Å².